The van der Waals surface area contributed by atoms with E-state index >= 15 is 0 Å². The number of nitrogens with one attached hydrogen (secondary N) is 3. The number of hydrogen-bond donors (Lipinski definition) is 3. The van der Waals surface area contributed by atoms with Gasteiger partial charge in [-0.05, 0) is 62.4 Å². The van der Waals surface area contributed by atoms with E-state index in [9.17, 15) is 18.4 Å². The van der Waals surface area contributed by atoms with Crippen LogP contribution in [0.4, 0.5) is 8.78 Å². The molecular formula is C26H25F2N7O2. The molecular weight excluding hydrogens is 480 g/mol. The smallest absolute Gasteiger partial charge is 0.274 e. The van der Waals surface area contributed by atoms with Gasteiger partial charge in [0.15, 0.2) is 11.5 Å². The van der Waals surface area contributed by atoms with E-state index in [0.717, 1.165) is 24.6 Å². The lowest BCUT2D eigenvalue weighted by atomic mass is 9.89. The molecule has 0 aliphatic carbocycles. The van der Waals surface area contributed by atoms with Crippen molar-refractivity contribution in [2.75, 3.05) is 0 Å². The molecule has 37 heavy (non-hydrogen) atoms. The summed E-state index contributed by atoms with van der Waals surface area (Å²) in [5.74, 6) is -1.55. The van der Waals surface area contributed by atoms with Crippen LogP contribution in [0.1, 0.15) is 47.4 Å². The van der Waals surface area contributed by atoms with Crippen LogP contribution in [0.15, 0.2) is 36.5 Å². The predicted molar refractivity (Wildman–Crippen MR) is 130 cm³/mol. The number of aromatic nitrogens is 5. The molecule has 2 aliphatic heterocycles. The van der Waals surface area contributed by atoms with Crippen molar-refractivity contribution in [1.29, 1.82) is 0 Å². The summed E-state index contributed by atoms with van der Waals surface area (Å²) in [5, 5.41) is 16.5. The predicted octanol–water partition coefficient (Wildman–Crippen LogP) is 3.63. The van der Waals surface area contributed by atoms with Crippen LogP contribution in [0.5, 0.6) is 0 Å². The van der Waals surface area contributed by atoms with E-state index in [1.165, 1.54) is 0 Å². The number of H-pyrrole nitrogens is 2. The molecule has 5 heterocycles. The maximum atomic E-state index is 14.3. The molecule has 2 fully saturated rings. The lowest BCUT2D eigenvalue weighted by molar-refractivity contribution is -0.127. The zero-order chi connectivity index (χ0) is 25.7. The van der Waals surface area contributed by atoms with Gasteiger partial charge < -0.3 is 10.2 Å². The highest BCUT2D eigenvalue weighted by Gasteiger charge is 2.45. The van der Waals surface area contributed by atoms with Gasteiger partial charge in [0.2, 0.25) is 11.9 Å². The van der Waals surface area contributed by atoms with Crippen molar-refractivity contribution < 1.29 is 18.4 Å². The molecule has 1 unspecified atom stereocenters. The third-order valence-electron chi connectivity index (χ3n) is 7.47. The molecule has 1 aromatic carbocycles. The van der Waals surface area contributed by atoms with Gasteiger partial charge in [0.05, 0.1) is 22.8 Å². The second-order valence-corrected chi connectivity index (χ2v) is 9.85. The summed E-state index contributed by atoms with van der Waals surface area (Å²) in [4.78, 5) is 32.1. The van der Waals surface area contributed by atoms with E-state index in [-0.39, 0.29) is 42.1 Å². The number of aryl methyl sites for hydroxylation is 1. The van der Waals surface area contributed by atoms with Crippen LogP contribution < -0.4 is 5.32 Å². The standard InChI is InChI=1S/C26H25F2N7O2/c1-13-6-18(20(27)12-29-13)22-10-23(33-32-22)26(37)35-16-3-4-17(35)9-15(8-16)25(36)30-11-14-2-5-21-19(7-14)24(28)34-31-21/h2,5-7,10,12,15-17H,3-4,8-9,11H2,1H3,(H,30,36)(H,31,34)(H,32,33)/t15?,16-,17+. The average molecular weight is 506 g/mol. The molecule has 9 nitrogen and oxygen atoms in total. The number of fused-ring (bicyclic) bond motifs is 3. The van der Waals surface area contributed by atoms with Crippen LogP contribution in [0.3, 0.4) is 0 Å². The monoisotopic (exact) mass is 505 g/mol. The first kappa shape index (κ1) is 23.3. The Hall–Kier alpha value is -4.15. The number of hydrogen-bond acceptors (Lipinski definition) is 5. The molecule has 190 valence electrons. The van der Waals surface area contributed by atoms with Crippen LogP contribution in [0, 0.1) is 24.6 Å². The summed E-state index contributed by atoms with van der Waals surface area (Å²) in [6.07, 6.45) is 3.94. The molecule has 0 radical (unpaired) electrons. The normalized spacial score (nSPS) is 20.9. The quantitative estimate of drug-likeness (QED) is 0.383. The first-order valence-corrected chi connectivity index (χ1v) is 12.3. The van der Waals surface area contributed by atoms with Crippen LogP contribution in [0.2, 0.25) is 0 Å². The average Bonchev–Trinajstić information content (AvgIpc) is 3.60. The van der Waals surface area contributed by atoms with E-state index in [0.29, 0.717) is 40.7 Å². The summed E-state index contributed by atoms with van der Waals surface area (Å²) in [6.45, 7) is 2.05. The summed E-state index contributed by atoms with van der Waals surface area (Å²) >= 11 is 0. The molecule has 4 aromatic rings. The van der Waals surface area contributed by atoms with Crippen molar-refractivity contribution >= 4 is 22.7 Å². The third kappa shape index (κ3) is 4.24. The molecule has 3 aromatic heterocycles. The van der Waals surface area contributed by atoms with Gasteiger partial charge in [0.25, 0.3) is 5.91 Å². The number of pyridine rings is 1. The Morgan fingerprint density at radius 2 is 1.86 bits per heavy atom. The van der Waals surface area contributed by atoms with Gasteiger partial charge in [-0.15, -0.1) is 5.10 Å². The number of carbonyl (C=O) groups is 2. The van der Waals surface area contributed by atoms with Gasteiger partial charge in [-0.2, -0.15) is 9.49 Å². The minimum atomic E-state index is -0.568. The molecule has 3 N–H and O–H groups in total. The maximum absolute atomic E-state index is 14.3. The first-order valence-electron chi connectivity index (χ1n) is 12.3. The van der Waals surface area contributed by atoms with Crippen molar-refractivity contribution in [2.24, 2.45) is 5.92 Å². The molecule has 6 rings (SSSR count). The Bertz CT molecular complexity index is 1500. The van der Waals surface area contributed by atoms with Gasteiger partial charge in [0.1, 0.15) is 0 Å². The number of piperidine rings is 1. The maximum Gasteiger partial charge on any atom is 0.274 e. The van der Waals surface area contributed by atoms with E-state index in [2.05, 4.69) is 30.7 Å². The largest absolute Gasteiger partial charge is 0.352 e. The van der Waals surface area contributed by atoms with Crippen LogP contribution >= 0.6 is 0 Å². The van der Waals surface area contributed by atoms with Crippen molar-refractivity contribution in [3.8, 4) is 11.3 Å². The Labute approximate surface area is 210 Å². The molecule has 2 amide bonds. The Morgan fingerprint density at radius 3 is 2.65 bits per heavy atom. The number of benzene rings is 1. The second-order valence-electron chi connectivity index (χ2n) is 9.85. The summed E-state index contributed by atoms with van der Waals surface area (Å²) in [5.41, 5.74) is 3.00. The van der Waals surface area contributed by atoms with Gasteiger partial charge in [0, 0.05) is 35.8 Å². The Balaban J connectivity index is 1.11. The lowest BCUT2D eigenvalue weighted by Crippen LogP contribution is -2.49. The van der Waals surface area contributed by atoms with Crippen LogP contribution in [0.25, 0.3) is 22.2 Å². The first-order chi connectivity index (χ1) is 17.9. The molecule has 2 bridgehead atoms. The topological polar surface area (TPSA) is 120 Å². The summed E-state index contributed by atoms with van der Waals surface area (Å²) in [7, 11) is 0. The fourth-order valence-corrected chi connectivity index (χ4v) is 5.65. The SMILES string of the molecule is Cc1cc(-c2cc(C(=O)N3[C@@H]4CC[C@H]3CC(C(=O)NCc3ccc5[nH]nc(F)c5c3)C4)n[nH]2)c(F)cn1. The van der Waals surface area contributed by atoms with E-state index < -0.39 is 11.8 Å². The minimum Gasteiger partial charge on any atom is -0.352 e. The summed E-state index contributed by atoms with van der Waals surface area (Å²) < 4.78 is 28.0. The van der Waals surface area contributed by atoms with Crippen molar-refractivity contribution in [3.63, 3.8) is 0 Å². The number of carbonyl (C=O) groups excluding carboxylic acids is 2. The van der Waals surface area contributed by atoms with Gasteiger partial charge in [-0.1, -0.05) is 6.07 Å². The van der Waals surface area contributed by atoms with Crippen molar-refractivity contribution in [3.05, 3.63) is 65.2 Å². The highest BCUT2D eigenvalue weighted by Crippen LogP contribution is 2.40. The molecule has 0 saturated carbocycles. The van der Waals surface area contributed by atoms with Crippen molar-refractivity contribution in [1.82, 2.24) is 35.6 Å². The number of rotatable bonds is 5. The number of amides is 2. The van der Waals surface area contributed by atoms with Crippen LogP contribution in [-0.4, -0.2) is 54.2 Å². The van der Waals surface area contributed by atoms with Crippen LogP contribution in [-0.2, 0) is 11.3 Å². The zero-order valence-electron chi connectivity index (χ0n) is 20.1. The molecule has 11 heteroatoms. The Kier molecular flexibility index (Phi) is 5.69. The highest BCUT2D eigenvalue weighted by molar-refractivity contribution is 5.94. The molecule has 0 spiro atoms. The minimum absolute atomic E-state index is 0.0570. The number of halogens is 2. The molecule has 3 atom stereocenters. The van der Waals surface area contributed by atoms with E-state index in [4.69, 9.17) is 0 Å². The van der Waals surface area contributed by atoms with E-state index in [1.54, 1.807) is 31.2 Å². The van der Waals surface area contributed by atoms with Gasteiger partial charge >= 0.3 is 0 Å². The Morgan fingerprint density at radius 1 is 1.08 bits per heavy atom. The third-order valence-corrected chi connectivity index (χ3v) is 7.47. The van der Waals surface area contributed by atoms with Gasteiger partial charge in [-0.25, -0.2) is 4.39 Å². The highest BCUT2D eigenvalue weighted by atomic mass is 19.1. The fourth-order valence-electron chi connectivity index (χ4n) is 5.65. The number of aromatic amines is 2. The lowest BCUT2D eigenvalue weighted by Gasteiger charge is -2.38. The van der Waals surface area contributed by atoms with Crippen molar-refractivity contribution in [2.45, 2.75) is 51.2 Å². The molecule has 2 aliphatic rings. The number of nitrogens with zero attached hydrogens (tertiary/aromatic N) is 4. The van der Waals surface area contributed by atoms with Gasteiger partial charge in [-0.3, -0.25) is 24.8 Å². The van der Waals surface area contributed by atoms with E-state index in [1.807, 2.05) is 11.0 Å². The summed E-state index contributed by atoms with van der Waals surface area (Å²) in [6, 6.07) is 8.30. The fraction of sp³-hybridized carbons (Fsp3) is 0.346. The molecule has 2 saturated heterocycles. The zero-order valence-corrected chi connectivity index (χ0v) is 20.1. The second kappa shape index (κ2) is 9.06.